The predicted molar refractivity (Wildman–Crippen MR) is 93.1 cm³/mol. The molecule has 1 aromatic carbocycles. The Morgan fingerprint density at radius 3 is 3.00 bits per heavy atom. The molecule has 1 aliphatic heterocycles. The van der Waals surface area contributed by atoms with Crippen LogP contribution in [0.5, 0.6) is 0 Å². The molecule has 8 heteroatoms. The first-order chi connectivity index (χ1) is 11.6. The number of hydrogen-bond acceptors (Lipinski definition) is 5. The first kappa shape index (κ1) is 17.0. The third-order valence-electron chi connectivity index (χ3n) is 3.60. The minimum atomic E-state index is -0.270. The number of nitrogens with one attached hydrogen (secondary N) is 2. The lowest BCUT2D eigenvalue weighted by Crippen LogP contribution is -2.32. The van der Waals surface area contributed by atoms with Crippen LogP contribution in [0.1, 0.15) is 23.3 Å². The highest BCUT2D eigenvalue weighted by Crippen LogP contribution is 2.30. The van der Waals surface area contributed by atoms with Gasteiger partial charge in [-0.1, -0.05) is 29.3 Å². The van der Waals surface area contributed by atoms with Crippen LogP contribution < -0.4 is 10.6 Å². The van der Waals surface area contributed by atoms with Gasteiger partial charge in [0.2, 0.25) is 5.95 Å². The van der Waals surface area contributed by atoms with E-state index >= 15 is 0 Å². The largest absolute Gasteiger partial charge is 0.376 e. The zero-order chi connectivity index (χ0) is 16.9. The molecule has 6 nitrogen and oxygen atoms in total. The molecule has 1 unspecified atom stereocenters. The van der Waals surface area contributed by atoms with E-state index in [1.165, 1.54) is 6.20 Å². The molecule has 0 aliphatic carbocycles. The second-order valence-electron chi connectivity index (χ2n) is 5.34. The zero-order valence-electron chi connectivity index (χ0n) is 12.8. The number of carbonyl (C=O) groups excluding carboxylic acids is 1. The number of halogens is 2. The summed E-state index contributed by atoms with van der Waals surface area (Å²) in [5.41, 5.74) is 0.838. The first-order valence-corrected chi connectivity index (χ1v) is 8.33. The molecule has 1 aliphatic rings. The molecule has 0 spiro atoms. The van der Waals surface area contributed by atoms with Gasteiger partial charge in [-0.15, -0.1) is 0 Å². The molecule has 2 aromatic rings. The van der Waals surface area contributed by atoms with Crippen molar-refractivity contribution < 1.29 is 9.53 Å². The van der Waals surface area contributed by atoms with Crippen LogP contribution >= 0.6 is 23.2 Å². The quantitative estimate of drug-likeness (QED) is 0.847. The van der Waals surface area contributed by atoms with E-state index in [1.54, 1.807) is 24.3 Å². The van der Waals surface area contributed by atoms with Crippen LogP contribution in [-0.2, 0) is 4.74 Å². The Kier molecular flexibility index (Phi) is 5.50. The molecule has 3 rings (SSSR count). The fraction of sp³-hybridized carbons (Fsp3) is 0.312. The van der Waals surface area contributed by atoms with Gasteiger partial charge in [-0.2, -0.15) is 0 Å². The lowest BCUT2D eigenvalue weighted by Gasteiger charge is -2.11. The molecule has 0 saturated carbocycles. The number of carbonyl (C=O) groups is 1. The van der Waals surface area contributed by atoms with Gasteiger partial charge < -0.3 is 15.4 Å². The normalized spacial score (nSPS) is 16.8. The first-order valence-electron chi connectivity index (χ1n) is 7.57. The second-order valence-corrected chi connectivity index (χ2v) is 6.12. The van der Waals surface area contributed by atoms with Crippen LogP contribution in [0.4, 0.5) is 11.6 Å². The van der Waals surface area contributed by atoms with Gasteiger partial charge in [0.25, 0.3) is 5.91 Å². The van der Waals surface area contributed by atoms with Gasteiger partial charge in [0, 0.05) is 19.3 Å². The average Bonchev–Trinajstić information content (AvgIpc) is 3.11. The molecule has 1 aromatic heterocycles. The maximum absolute atomic E-state index is 12.2. The van der Waals surface area contributed by atoms with Crippen LogP contribution in [0.15, 0.2) is 30.5 Å². The van der Waals surface area contributed by atoms with Crippen molar-refractivity contribution >= 4 is 40.7 Å². The summed E-state index contributed by atoms with van der Waals surface area (Å²) >= 11 is 12.1. The molecular weight excluding hydrogens is 351 g/mol. The summed E-state index contributed by atoms with van der Waals surface area (Å²) in [6.45, 7) is 1.23. The van der Waals surface area contributed by atoms with Gasteiger partial charge in [0.1, 0.15) is 5.69 Å². The average molecular weight is 367 g/mol. The monoisotopic (exact) mass is 366 g/mol. The van der Waals surface area contributed by atoms with E-state index in [1.807, 2.05) is 0 Å². The zero-order valence-corrected chi connectivity index (χ0v) is 14.3. The Bertz CT molecular complexity index is 736. The van der Waals surface area contributed by atoms with E-state index in [0.717, 1.165) is 19.4 Å². The molecule has 1 saturated heterocycles. The second kappa shape index (κ2) is 7.79. The topological polar surface area (TPSA) is 76.1 Å². The molecule has 0 radical (unpaired) electrons. The Morgan fingerprint density at radius 2 is 2.21 bits per heavy atom. The number of aromatic nitrogens is 2. The van der Waals surface area contributed by atoms with Gasteiger partial charge in [-0.3, -0.25) is 4.79 Å². The number of amides is 1. The summed E-state index contributed by atoms with van der Waals surface area (Å²) in [5, 5.41) is 6.58. The van der Waals surface area contributed by atoms with E-state index in [-0.39, 0.29) is 23.7 Å². The van der Waals surface area contributed by atoms with Crippen molar-refractivity contribution in [2.45, 2.75) is 18.9 Å². The third-order valence-corrected chi connectivity index (χ3v) is 4.42. The van der Waals surface area contributed by atoms with Crippen LogP contribution in [0.3, 0.4) is 0 Å². The van der Waals surface area contributed by atoms with Gasteiger partial charge in [0.15, 0.2) is 0 Å². The maximum atomic E-state index is 12.2. The Labute approximate surface area is 149 Å². The van der Waals surface area contributed by atoms with Crippen molar-refractivity contribution in [1.29, 1.82) is 0 Å². The van der Waals surface area contributed by atoms with Crippen LogP contribution in [0.2, 0.25) is 10.0 Å². The highest BCUT2D eigenvalue weighted by Gasteiger charge is 2.17. The van der Waals surface area contributed by atoms with Gasteiger partial charge >= 0.3 is 0 Å². The van der Waals surface area contributed by atoms with Crippen molar-refractivity contribution in [2.24, 2.45) is 0 Å². The molecule has 0 bridgehead atoms. The number of hydrogen-bond donors (Lipinski definition) is 2. The number of rotatable bonds is 5. The highest BCUT2D eigenvalue weighted by atomic mass is 35.5. The summed E-state index contributed by atoms with van der Waals surface area (Å²) in [6, 6.07) is 6.75. The van der Waals surface area contributed by atoms with Gasteiger partial charge in [0.05, 0.1) is 21.8 Å². The van der Waals surface area contributed by atoms with Gasteiger partial charge in [-0.05, 0) is 31.0 Å². The molecule has 1 fully saturated rings. The SMILES string of the molecule is O=C(NCC1CCCO1)c1ccnc(Nc2cccc(Cl)c2Cl)n1. The van der Waals surface area contributed by atoms with Gasteiger partial charge in [-0.25, -0.2) is 9.97 Å². The summed E-state index contributed by atoms with van der Waals surface area (Å²) in [4.78, 5) is 20.5. The number of nitrogens with zero attached hydrogens (tertiary/aromatic N) is 2. The fourth-order valence-corrected chi connectivity index (χ4v) is 2.72. The van der Waals surface area contributed by atoms with Crippen LogP contribution in [0.25, 0.3) is 0 Å². The highest BCUT2D eigenvalue weighted by molar-refractivity contribution is 6.43. The maximum Gasteiger partial charge on any atom is 0.270 e. The molecular formula is C16H16Cl2N4O2. The Hall–Kier alpha value is -1.89. The molecule has 2 heterocycles. The molecule has 126 valence electrons. The number of benzene rings is 1. The van der Waals surface area contributed by atoms with Crippen LogP contribution in [-0.4, -0.2) is 35.1 Å². The van der Waals surface area contributed by atoms with Crippen molar-refractivity contribution in [1.82, 2.24) is 15.3 Å². The summed E-state index contributed by atoms with van der Waals surface area (Å²) in [6.07, 6.45) is 3.58. The molecule has 24 heavy (non-hydrogen) atoms. The van der Waals surface area contributed by atoms with E-state index in [0.29, 0.717) is 22.3 Å². The van der Waals surface area contributed by atoms with E-state index in [4.69, 9.17) is 27.9 Å². The third kappa shape index (κ3) is 4.14. The smallest absolute Gasteiger partial charge is 0.270 e. The number of ether oxygens (including phenoxy) is 1. The lowest BCUT2D eigenvalue weighted by atomic mass is 10.2. The molecule has 1 atom stereocenters. The van der Waals surface area contributed by atoms with Crippen molar-refractivity contribution in [3.63, 3.8) is 0 Å². The van der Waals surface area contributed by atoms with E-state index in [2.05, 4.69) is 20.6 Å². The summed E-state index contributed by atoms with van der Waals surface area (Å²) in [7, 11) is 0. The van der Waals surface area contributed by atoms with E-state index < -0.39 is 0 Å². The van der Waals surface area contributed by atoms with Crippen LogP contribution in [0, 0.1) is 0 Å². The predicted octanol–water partition coefficient (Wildman–Crippen LogP) is 3.44. The lowest BCUT2D eigenvalue weighted by molar-refractivity contribution is 0.0853. The number of anilines is 2. The standard InChI is InChI=1S/C16H16Cl2N4O2/c17-11-4-1-5-12(14(11)18)21-16-19-7-6-13(22-16)15(23)20-9-10-3-2-8-24-10/h1,4-7,10H,2-3,8-9H2,(H,20,23)(H,19,21,22). The summed E-state index contributed by atoms with van der Waals surface area (Å²) in [5.74, 6) is -0.00271. The Morgan fingerprint density at radius 1 is 1.33 bits per heavy atom. The summed E-state index contributed by atoms with van der Waals surface area (Å²) < 4.78 is 5.48. The Balaban J connectivity index is 1.67. The fourth-order valence-electron chi connectivity index (χ4n) is 2.37. The van der Waals surface area contributed by atoms with E-state index in [9.17, 15) is 4.79 Å². The molecule has 2 N–H and O–H groups in total. The van der Waals surface area contributed by atoms with Crippen molar-refractivity contribution in [3.05, 3.63) is 46.2 Å². The minimum Gasteiger partial charge on any atom is -0.376 e. The van der Waals surface area contributed by atoms with Crippen molar-refractivity contribution in [2.75, 3.05) is 18.5 Å². The minimum absolute atomic E-state index is 0.0821. The van der Waals surface area contributed by atoms with Crippen molar-refractivity contribution in [3.8, 4) is 0 Å². The molecule has 1 amide bonds.